The summed E-state index contributed by atoms with van der Waals surface area (Å²) in [6.07, 6.45) is 3.73. The summed E-state index contributed by atoms with van der Waals surface area (Å²) in [5.74, 6) is -0.0633. The predicted octanol–water partition coefficient (Wildman–Crippen LogP) is 1.85. The molecule has 0 fully saturated rings. The summed E-state index contributed by atoms with van der Waals surface area (Å²) < 4.78 is 3.51. The Hall–Kier alpha value is -2.11. The molecule has 0 aliphatic heterocycles. The summed E-state index contributed by atoms with van der Waals surface area (Å²) >= 11 is 0. The lowest BCUT2D eigenvalue weighted by molar-refractivity contribution is -0.124. The van der Waals surface area contributed by atoms with Crippen LogP contribution in [0.4, 0.5) is 0 Å². The highest BCUT2D eigenvalue weighted by Crippen LogP contribution is 2.12. The third-order valence-electron chi connectivity index (χ3n) is 3.31. The highest BCUT2D eigenvalue weighted by molar-refractivity contribution is 5.80. The molecular weight excluding hydrogens is 254 g/mol. The second-order valence-electron chi connectivity index (χ2n) is 4.94. The number of hydrogen-bond donors (Lipinski definition) is 1. The Morgan fingerprint density at radius 3 is 2.60 bits per heavy atom. The summed E-state index contributed by atoms with van der Waals surface area (Å²) in [7, 11) is 0. The van der Waals surface area contributed by atoms with Crippen LogP contribution in [0.3, 0.4) is 0 Å². The highest BCUT2D eigenvalue weighted by atomic mass is 16.2. The molecule has 0 bridgehead atoms. The van der Waals surface area contributed by atoms with E-state index in [1.165, 1.54) is 0 Å². The van der Waals surface area contributed by atoms with Crippen LogP contribution in [0.15, 0.2) is 24.5 Å². The van der Waals surface area contributed by atoms with Crippen LogP contribution in [-0.4, -0.2) is 25.5 Å². The van der Waals surface area contributed by atoms with Gasteiger partial charge in [0.15, 0.2) is 0 Å². The largest absolute Gasteiger partial charge is 0.346 e. The average molecular weight is 275 g/mol. The van der Waals surface area contributed by atoms with Crippen molar-refractivity contribution < 1.29 is 4.79 Å². The number of aromatic nitrogens is 4. The Morgan fingerprint density at radius 2 is 2.05 bits per heavy atom. The minimum absolute atomic E-state index is 0.0633. The van der Waals surface area contributed by atoms with Gasteiger partial charge < -0.3 is 5.32 Å². The first-order valence-corrected chi connectivity index (χ1v) is 6.86. The Bertz CT molecular complexity index is 586. The van der Waals surface area contributed by atoms with Gasteiger partial charge in [0.05, 0.1) is 17.4 Å². The molecule has 2 heterocycles. The van der Waals surface area contributed by atoms with Crippen molar-refractivity contribution in [3.8, 4) is 0 Å². The summed E-state index contributed by atoms with van der Waals surface area (Å²) in [6.45, 7) is 8.52. The van der Waals surface area contributed by atoms with Crippen LogP contribution in [0.2, 0.25) is 0 Å². The van der Waals surface area contributed by atoms with Gasteiger partial charge in [0.25, 0.3) is 0 Å². The van der Waals surface area contributed by atoms with Crippen molar-refractivity contribution in [1.82, 2.24) is 24.9 Å². The molecule has 1 amide bonds. The van der Waals surface area contributed by atoms with Crippen LogP contribution >= 0.6 is 0 Å². The molecule has 0 radical (unpaired) electrons. The van der Waals surface area contributed by atoms with Gasteiger partial charge >= 0.3 is 0 Å². The van der Waals surface area contributed by atoms with Crippen LogP contribution in [0.1, 0.15) is 44.2 Å². The van der Waals surface area contributed by atoms with Crippen LogP contribution in [-0.2, 0) is 11.3 Å². The molecule has 2 aromatic rings. The van der Waals surface area contributed by atoms with Gasteiger partial charge in [-0.25, -0.2) is 0 Å². The standard InChI is InChI=1S/C14H21N5O/c1-5-18-8-7-13(17-18)11(3)15-14(20)12(4)19-9-6-10(2)16-19/h6-9,11-12H,5H2,1-4H3,(H,15,20). The quantitative estimate of drug-likeness (QED) is 0.905. The maximum absolute atomic E-state index is 12.2. The minimum Gasteiger partial charge on any atom is -0.346 e. The van der Waals surface area contributed by atoms with Gasteiger partial charge in [-0.2, -0.15) is 10.2 Å². The normalized spacial score (nSPS) is 14.0. The first kappa shape index (κ1) is 14.3. The third-order valence-corrected chi connectivity index (χ3v) is 3.31. The maximum atomic E-state index is 12.2. The predicted molar refractivity (Wildman–Crippen MR) is 76.1 cm³/mol. The van der Waals surface area contributed by atoms with Crippen LogP contribution in [0.25, 0.3) is 0 Å². The molecule has 6 heteroatoms. The smallest absolute Gasteiger partial charge is 0.245 e. The van der Waals surface area contributed by atoms with E-state index in [4.69, 9.17) is 0 Å². The number of nitrogens with zero attached hydrogens (tertiary/aromatic N) is 4. The van der Waals surface area contributed by atoms with Gasteiger partial charge in [-0.1, -0.05) is 0 Å². The molecular formula is C14H21N5O. The number of amides is 1. The fourth-order valence-corrected chi connectivity index (χ4v) is 1.96. The Balaban J connectivity index is 2.00. The lowest BCUT2D eigenvalue weighted by Crippen LogP contribution is -2.33. The first-order chi connectivity index (χ1) is 9.51. The van der Waals surface area contributed by atoms with Crippen LogP contribution in [0.5, 0.6) is 0 Å². The van der Waals surface area contributed by atoms with E-state index in [-0.39, 0.29) is 18.0 Å². The molecule has 0 aliphatic carbocycles. The number of hydrogen-bond acceptors (Lipinski definition) is 3. The van der Waals surface area contributed by atoms with Crippen molar-refractivity contribution in [2.75, 3.05) is 0 Å². The van der Waals surface area contributed by atoms with E-state index in [2.05, 4.69) is 15.5 Å². The summed E-state index contributed by atoms with van der Waals surface area (Å²) in [6, 6.07) is 3.36. The van der Waals surface area contributed by atoms with E-state index in [1.54, 1.807) is 4.68 Å². The van der Waals surface area contributed by atoms with Gasteiger partial charge in [0, 0.05) is 18.9 Å². The van der Waals surface area contributed by atoms with Gasteiger partial charge in [0.1, 0.15) is 6.04 Å². The Labute approximate surface area is 118 Å². The summed E-state index contributed by atoms with van der Waals surface area (Å²) in [5, 5.41) is 11.6. The Kier molecular flexibility index (Phi) is 4.22. The van der Waals surface area contributed by atoms with E-state index in [0.717, 1.165) is 17.9 Å². The van der Waals surface area contributed by atoms with Crippen molar-refractivity contribution in [3.05, 3.63) is 35.9 Å². The van der Waals surface area contributed by atoms with E-state index in [9.17, 15) is 4.79 Å². The van der Waals surface area contributed by atoms with Crippen molar-refractivity contribution in [2.45, 2.75) is 46.3 Å². The highest BCUT2D eigenvalue weighted by Gasteiger charge is 2.19. The number of carbonyl (C=O) groups excluding carboxylic acids is 1. The van der Waals surface area contributed by atoms with Crippen molar-refractivity contribution in [2.24, 2.45) is 0 Å². The fourth-order valence-electron chi connectivity index (χ4n) is 1.96. The van der Waals surface area contributed by atoms with Gasteiger partial charge in [0.2, 0.25) is 5.91 Å². The maximum Gasteiger partial charge on any atom is 0.245 e. The van der Waals surface area contributed by atoms with Gasteiger partial charge in [-0.05, 0) is 39.8 Å². The summed E-state index contributed by atoms with van der Waals surface area (Å²) in [4.78, 5) is 12.2. The minimum atomic E-state index is -0.334. The SMILES string of the molecule is CCn1ccc(C(C)NC(=O)C(C)n2ccc(C)n2)n1. The molecule has 0 saturated heterocycles. The second-order valence-corrected chi connectivity index (χ2v) is 4.94. The second kappa shape index (κ2) is 5.90. The molecule has 0 aliphatic rings. The zero-order valence-electron chi connectivity index (χ0n) is 12.4. The molecule has 2 aromatic heterocycles. The molecule has 0 aromatic carbocycles. The zero-order valence-corrected chi connectivity index (χ0v) is 12.4. The van der Waals surface area contributed by atoms with Crippen LogP contribution < -0.4 is 5.32 Å². The number of carbonyl (C=O) groups is 1. The van der Waals surface area contributed by atoms with E-state index in [1.807, 2.05) is 56.9 Å². The monoisotopic (exact) mass is 275 g/mol. The third kappa shape index (κ3) is 3.07. The van der Waals surface area contributed by atoms with Crippen LogP contribution in [0, 0.1) is 6.92 Å². The lowest BCUT2D eigenvalue weighted by atomic mass is 10.2. The van der Waals surface area contributed by atoms with E-state index >= 15 is 0 Å². The van der Waals surface area contributed by atoms with E-state index in [0.29, 0.717) is 0 Å². The molecule has 0 saturated carbocycles. The van der Waals surface area contributed by atoms with Crippen molar-refractivity contribution in [1.29, 1.82) is 0 Å². The lowest BCUT2D eigenvalue weighted by Gasteiger charge is -2.16. The molecule has 20 heavy (non-hydrogen) atoms. The van der Waals surface area contributed by atoms with Crippen molar-refractivity contribution >= 4 is 5.91 Å². The topological polar surface area (TPSA) is 64.7 Å². The van der Waals surface area contributed by atoms with Gasteiger partial charge in [-0.3, -0.25) is 14.2 Å². The van der Waals surface area contributed by atoms with E-state index < -0.39 is 0 Å². The molecule has 2 atom stereocenters. The molecule has 6 nitrogen and oxygen atoms in total. The number of aryl methyl sites for hydroxylation is 2. The van der Waals surface area contributed by atoms with Gasteiger partial charge in [-0.15, -0.1) is 0 Å². The molecule has 2 unspecified atom stereocenters. The Morgan fingerprint density at radius 1 is 1.30 bits per heavy atom. The molecule has 2 rings (SSSR count). The van der Waals surface area contributed by atoms with Crippen molar-refractivity contribution in [3.63, 3.8) is 0 Å². The molecule has 1 N–H and O–H groups in total. The fraction of sp³-hybridized carbons (Fsp3) is 0.500. The molecule has 108 valence electrons. The number of rotatable bonds is 5. The first-order valence-electron chi connectivity index (χ1n) is 6.86. The summed E-state index contributed by atoms with van der Waals surface area (Å²) in [5.41, 5.74) is 1.77. The number of nitrogens with one attached hydrogen (secondary N) is 1. The average Bonchev–Trinajstić information content (AvgIpc) is 3.06. The zero-order chi connectivity index (χ0) is 14.7. The molecule has 0 spiro atoms.